The van der Waals surface area contributed by atoms with E-state index in [0.29, 0.717) is 58.8 Å². The van der Waals surface area contributed by atoms with Gasteiger partial charge in [-0.15, -0.1) is 5.06 Å². The lowest BCUT2D eigenvalue weighted by Gasteiger charge is -2.32. The fraction of sp³-hybridized carbons (Fsp3) is 0.880. The molecule has 1 N–H and O–H groups in total. The van der Waals surface area contributed by atoms with Crippen LogP contribution in [0.15, 0.2) is 0 Å². The molecule has 1 aliphatic rings. The molecule has 1 fully saturated rings. The molecule has 1 heterocycles. The van der Waals surface area contributed by atoms with Crippen molar-refractivity contribution in [3.63, 3.8) is 0 Å². The average Bonchev–Trinajstić information content (AvgIpc) is 2.66. The largest absolute Gasteiger partial charge is 0.444 e. The molecule has 0 spiro atoms. The van der Waals surface area contributed by atoms with E-state index in [4.69, 9.17) is 14.3 Å². The molecule has 2 amide bonds. The number of carbonyl (C=O) groups excluding carboxylic acids is 3. The molecule has 10 heteroatoms. The molecule has 0 aliphatic carbocycles. The quantitative estimate of drug-likeness (QED) is 0.582. The van der Waals surface area contributed by atoms with Crippen LogP contribution in [-0.4, -0.2) is 96.6 Å². The molecule has 1 saturated heterocycles. The maximum absolute atomic E-state index is 12.9. The molecule has 1 rings (SSSR count). The molecule has 0 saturated carbocycles. The summed E-state index contributed by atoms with van der Waals surface area (Å²) in [6.45, 7) is 20.3. The lowest BCUT2D eigenvalue weighted by molar-refractivity contribution is -0.201. The zero-order valence-corrected chi connectivity index (χ0v) is 23.4. The van der Waals surface area contributed by atoms with Gasteiger partial charge in [-0.3, -0.25) is 0 Å². The van der Waals surface area contributed by atoms with E-state index in [-0.39, 0.29) is 12.1 Å². The van der Waals surface area contributed by atoms with E-state index in [9.17, 15) is 14.4 Å². The predicted octanol–water partition coefficient (Wildman–Crippen LogP) is 3.65. The Morgan fingerprint density at radius 3 is 1.63 bits per heavy atom. The fourth-order valence-electron chi connectivity index (χ4n) is 3.10. The first kappa shape index (κ1) is 31.0. The van der Waals surface area contributed by atoms with Gasteiger partial charge in [0.25, 0.3) is 0 Å². The molecule has 35 heavy (non-hydrogen) atoms. The molecule has 0 radical (unpaired) electrons. The van der Waals surface area contributed by atoms with Crippen LogP contribution in [0.2, 0.25) is 0 Å². The smallest absolute Gasteiger partial charge is 0.410 e. The maximum Gasteiger partial charge on any atom is 0.410 e. The zero-order chi connectivity index (χ0) is 26.9. The first-order valence-electron chi connectivity index (χ1n) is 12.6. The maximum atomic E-state index is 12.9. The first-order valence-corrected chi connectivity index (χ1v) is 12.6. The van der Waals surface area contributed by atoms with Crippen LogP contribution < -0.4 is 5.32 Å². The molecule has 204 valence electrons. The second-order valence-corrected chi connectivity index (χ2v) is 11.9. The van der Waals surface area contributed by atoms with Gasteiger partial charge >= 0.3 is 18.2 Å². The van der Waals surface area contributed by atoms with Gasteiger partial charge in [0.15, 0.2) is 0 Å². The van der Waals surface area contributed by atoms with Crippen molar-refractivity contribution in [1.29, 1.82) is 0 Å². The van der Waals surface area contributed by atoms with Gasteiger partial charge in [-0.2, -0.15) is 0 Å². The van der Waals surface area contributed by atoms with Crippen molar-refractivity contribution in [1.82, 2.24) is 20.2 Å². The standard InChI is InChI=1S/C25H48N4O6/c1-23(2,3)20(30)35-29-16-10-12-26-13-17-27(21(31)33-24(4,5)6)14-11-15-28(18-19-29)22(32)34-25(7,8)9/h26H,10-19H2,1-9H3. The number of rotatable bonds is 1. The van der Waals surface area contributed by atoms with E-state index in [1.807, 2.05) is 62.3 Å². The molecular formula is C25H48N4O6. The van der Waals surface area contributed by atoms with E-state index in [1.54, 1.807) is 14.9 Å². The summed E-state index contributed by atoms with van der Waals surface area (Å²) in [5.41, 5.74) is -1.85. The Kier molecular flexibility index (Phi) is 11.8. The van der Waals surface area contributed by atoms with Crippen LogP contribution in [0.1, 0.15) is 75.2 Å². The summed E-state index contributed by atoms with van der Waals surface area (Å²) in [6.07, 6.45) is 0.490. The second-order valence-electron chi connectivity index (χ2n) is 11.9. The monoisotopic (exact) mass is 500 g/mol. The number of amides is 2. The van der Waals surface area contributed by atoms with Gasteiger partial charge in [-0.25, -0.2) is 14.4 Å². The highest BCUT2D eigenvalue weighted by molar-refractivity contribution is 5.75. The minimum atomic E-state index is -0.636. The van der Waals surface area contributed by atoms with Crippen LogP contribution >= 0.6 is 0 Å². The minimum absolute atomic E-state index is 0.316. The summed E-state index contributed by atoms with van der Waals surface area (Å²) in [4.78, 5) is 47.0. The second kappa shape index (κ2) is 13.3. The Hall–Kier alpha value is -2.07. The van der Waals surface area contributed by atoms with E-state index >= 15 is 0 Å². The van der Waals surface area contributed by atoms with Crippen LogP contribution in [0.4, 0.5) is 9.59 Å². The van der Waals surface area contributed by atoms with E-state index in [0.717, 1.165) is 6.42 Å². The minimum Gasteiger partial charge on any atom is -0.444 e. The number of ether oxygens (including phenoxy) is 2. The lowest BCUT2D eigenvalue weighted by Crippen LogP contribution is -2.46. The number of hydrogen-bond donors (Lipinski definition) is 1. The van der Waals surface area contributed by atoms with Gasteiger partial charge in [0, 0.05) is 39.3 Å². The van der Waals surface area contributed by atoms with Gasteiger partial charge in [0.05, 0.1) is 12.0 Å². The first-order chi connectivity index (χ1) is 16.0. The van der Waals surface area contributed by atoms with Crippen LogP contribution in [0.3, 0.4) is 0 Å². The van der Waals surface area contributed by atoms with Crippen molar-refractivity contribution >= 4 is 18.2 Å². The summed E-state index contributed by atoms with van der Waals surface area (Å²) in [7, 11) is 0. The van der Waals surface area contributed by atoms with Gasteiger partial charge in [0.1, 0.15) is 11.2 Å². The highest BCUT2D eigenvalue weighted by Crippen LogP contribution is 2.17. The SMILES string of the molecule is CC(C)(C)OC(=O)N1CCCN(C(=O)OC(C)(C)C)CCN(OC(=O)C(C)(C)C)CCCNCC1. The normalized spacial score (nSPS) is 18.4. The molecule has 0 aromatic rings. The van der Waals surface area contributed by atoms with Crippen LogP contribution in [0.5, 0.6) is 0 Å². The Labute approximate surface area is 211 Å². The van der Waals surface area contributed by atoms with Gasteiger partial charge in [-0.05, 0) is 81.7 Å². The molecule has 0 aromatic heterocycles. The Balaban J connectivity index is 2.98. The van der Waals surface area contributed by atoms with Crippen LogP contribution in [-0.2, 0) is 19.1 Å². The summed E-state index contributed by atoms with van der Waals surface area (Å²) >= 11 is 0. The Bertz CT molecular complexity index is 694. The fourth-order valence-corrected chi connectivity index (χ4v) is 3.10. The van der Waals surface area contributed by atoms with Gasteiger partial charge in [-0.1, -0.05) is 0 Å². The van der Waals surface area contributed by atoms with Gasteiger partial charge in [0.2, 0.25) is 0 Å². The van der Waals surface area contributed by atoms with Gasteiger partial charge < -0.3 is 29.4 Å². The van der Waals surface area contributed by atoms with Crippen molar-refractivity contribution < 1.29 is 28.7 Å². The summed E-state index contributed by atoms with van der Waals surface area (Å²) in [6, 6.07) is 0. The van der Waals surface area contributed by atoms with Crippen molar-refractivity contribution in [2.45, 2.75) is 86.4 Å². The summed E-state index contributed by atoms with van der Waals surface area (Å²) in [5, 5.41) is 4.97. The molecule has 10 nitrogen and oxygen atoms in total. The van der Waals surface area contributed by atoms with E-state index < -0.39 is 22.7 Å². The molecule has 0 bridgehead atoms. The van der Waals surface area contributed by atoms with E-state index in [1.165, 1.54) is 0 Å². The highest BCUT2D eigenvalue weighted by Gasteiger charge is 2.28. The average molecular weight is 501 g/mol. The third kappa shape index (κ3) is 13.6. The summed E-state index contributed by atoms with van der Waals surface area (Å²) in [5.74, 6) is -0.316. The predicted molar refractivity (Wildman–Crippen MR) is 135 cm³/mol. The van der Waals surface area contributed by atoms with Crippen LogP contribution in [0, 0.1) is 5.41 Å². The molecule has 1 aliphatic heterocycles. The van der Waals surface area contributed by atoms with Crippen molar-refractivity contribution in [2.24, 2.45) is 5.41 Å². The number of nitrogens with zero attached hydrogens (tertiary/aromatic N) is 3. The number of hydrogen-bond acceptors (Lipinski definition) is 8. The third-order valence-corrected chi connectivity index (χ3v) is 4.92. The van der Waals surface area contributed by atoms with Crippen molar-refractivity contribution in [3.8, 4) is 0 Å². The topological polar surface area (TPSA) is 101 Å². The Morgan fingerprint density at radius 1 is 0.629 bits per heavy atom. The Morgan fingerprint density at radius 2 is 1.14 bits per heavy atom. The molecule has 0 unspecified atom stereocenters. The third-order valence-electron chi connectivity index (χ3n) is 4.92. The molecular weight excluding hydrogens is 452 g/mol. The number of carbonyl (C=O) groups is 3. The number of nitrogens with one attached hydrogen (secondary N) is 1. The van der Waals surface area contributed by atoms with Crippen molar-refractivity contribution in [3.05, 3.63) is 0 Å². The number of hydroxylamine groups is 2. The molecule has 0 atom stereocenters. The summed E-state index contributed by atoms with van der Waals surface area (Å²) < 4.78 is 11.2. The zero-order valence-electron chi connectivity index (χ0n) is 23.4. The molecule has 0 aromatic carbocycles. The van der Waals surface area contributed by atoms with E-state index in [2.05, 4.69) is 5.32 Å². The van der Waals surface area contributed by atoms with Crippen LogP contribution in [0.25, 0.3) is 0 Å². The van der Waals surface area contributed by atoms with Crippen molar-refractivity contribution in [2.75, 3.05) is 52.4 Å². The lowest BCUT2D eigenvalue weighted by atomic mass is 9.98. The highest BCUT2D eigenvalue weighted by atomic mass is 16.7.